The molecule has 0 aliphatic heterocycles. The third-order valence-electron chi connectivity index (χ3n) is 6.03. The quantitative estimate of drug-likeness (QED) is 0.425. The van der Waals surface area contributed by atoms with Crippen LogP contribution in [-0.2, 0) is 5.41 Å². The first-order chi connectivity index (χ1) is 13.9. The first-order valence-corrected chi connectivity index (χ1v) is 10.6. The molecule has 0 fully saturated rings. The van der Waals surface area contributed by atoms with Crippen molar-refractivity contribution in [2.45, 2.75) is 51.9 Å². The van der Waals surface area contributed by atoms with Crippen molar-refractivity contribution < 1.29 is 10.2 Å². The first kappa shape index (κ1) is 21.0. The normalized spacial score (nSPS) is 14.3. The van der Waals surface area contributed by atoms with Crippen LogP contribution in [0.1, 0.15) is 57.6 Å². The zero-order valence-corrected chi connectivity index (χ0v) is 17.7. The molecule has 0 heterocycles. The monoisotopic (exact) mass is 388 g/mol. The van der Waals surface area contributed by atoms with Gasteiger partial charge in [-0.05, 0) is 58.9 Å². The summed E-state index contributed by atoms with van der Waals surface area (Å²) in [6, 6.07) is 23.8. The molecule has 0 bridgehead atoms. The Morgan fingerprint density at radius 1 is 0.724 bits per heavy atom. The van der Waals surface area contributed by atoms with E-state index in [2.05, 4.69) is 57.2 Å². The summed E-state index contributed by atoms with van der Waals surface area (Å²) in [4.78, 5) is 0. The third kappa shape index (κ3) is 5.00. The summed E-state index contributed by atoms with van der Waals surface area (Å²) in [6.07, 6.45) is 4.78. The second kappa shape index (κ2) is 9.17. The third-order valence-corrected chi connectivity index (χ3v) is 6.03. The second-order valence-corrected chi connectivity index (χ2v) is 8.45. The summed E-state index contributed by atoms with van der Waals surface area (Å²) in [6.45, 7) is 6.91. The van der Waals surface area contributed by atoms with Crippen molar-refractivity contribution in [1.29, 1.82) is 0 Å². The fraction of sp³-hybridized carbons (Fsp3) is 0.333. The fourth-order valence-electron chi connectivity index (χ4n) is 4.27. The molecule has 3 rings (SSSR count). The average molecular weight is 389 g/mol. The molecule has 0 aliphatic rings. The summed E-state index contributed by atoms with van der Waals surface area (Å²) >= 11 is 0. The van der Waals surface area contributed by atoms with Gasteiger partial charge in [-0.2, -0.15) is 0 Å². The van der Waals surface area contributed by atoms with E-state index in [1.807, 2.05) is 12.1 Å². The SMILES string of the molecule is CCCCC(C)CC(C)(c1ccc(O)cc1)c1ccc(-c2ccc(O)cc2)cc1. The van der Waals surface area contributed by atoms with Crippen LogP contribution >= 0.6 is 0 Å². The molecule has 29 heavy (non-hydrogen) atoms. The van der Waals surface area contributed by atoms with E-state index >= 15 is 0 Å². The Labute approximate surface area is 174 Å². The number of aromatic hydroxyl groups is 2. The zero-order valence-electron chi connectivity index (χ0n) is 17.7. The van der Waals surface area contributed by atoms with Gasteiger partial charge in [-0.3, -0.25) is 0 Å². The Kier molecular flexibility index (Phi) is 6.64. The van der Waals surface area contributed by atoms with Gasteiger partial charge in [0.1, 0.15) is 11.5 Å². The van der Waals surface area contributed by atoms with E-state index in [1.54, 1.807) is 24.3 Å². The molecule has 0 amide bonds. The molecule has 0 aliphatic carbocycles. The minimum atomic E-state index is -0.117. The van der Waals surface area contributed by atoms with Crippen molar-refractivity contribution in [3.05, 3.63) is 83.9 Å². The lowest BCUT2D eigenvalue weighted by Crippen LogP contribution is -2.26. The molecular weight excluding hydrogens is 356 g/mol. The minimum absolute atomic E-state index is 0.117. The van der Waals surface area contributed by atoms with Crippen LogP contribution in [-0.4, -0.2) is 10.2 Å². The van der Waals surface area contributed by atoms with Gasteiger partial charge in [0.2, 0.25) is 0 Å². The molecule has 3 aromatic rings. The van der Waals surface area contributed by atoms with E-state index in [4.69, 9.17) is 0 Å². The maximum Gasteiger partial charge on any atom is 0.115 e. The number of benzene rings is 3. The molecule has 152 valence electrons. The predicted octanol–water partition coefficient (Wildman–Crippen LogP) is 7.29. The van der Waals surface area contributed by atoms with Crippen LogP contribution in [0.2, 0.25) is 0 Å². The second-order valence-electron chi connectivity index (χ2n) is 8.45. The van der Waals surface area contributed by atoms with Crippen LogP contribution < -0.4 is 0 Å². The Hall–Kier alpha value is -2.74. The highest BCUT2D eigenvalue weighted by molar-refractivity contribution is 5.65. The predicted molar refractivity (Wildman–Crippen MR) is 121 cm³/mol. The van der Waals surface area contributed by atoms with Gasteiger partial charge in [-0.1, -0.05) is 88.6 Å². The Morgan fingerprint density at radius 3 is 1.62 bits per heavy atom. The highest BCUT2D eigenvalue weighted by Gasteiger charge is 2.30. The van der Waals surface area contributed by atoms with Crippen LogP contribution in [0, 0.1) is 5.92 Å². The van der Waals surface area contributed by atoms with Gasteiger partial charge in [0.05, 0.1) is 0 Å². The molecule has 2 unspecified atom stereocenters. The maximum atomic E-state index is 9.76. The molecule has 3 aromatic carbocycles. The molecule has 0 radical (unpaired) electrons. The van der Waals surface area contributed by atoms with E-state index in [0.29, 0.717) is 11.7 Å². The van der Waals surface area contributed by atoms with Gasteiger partial charge in [-0.15, -0.1) is 0 Å². The number of phenolic OH excluding ortho intramolecular Hbond substituents is 2. The van der Waals surface area contributed by atoms with E-state index in [1.165, 1.54) is 30.4 Å². The summed E-state index contributed by atoms with van der Waals surface area (Å²) < 4.78 is 0. The topological polar surface area (TPSA) is 40.5 Å². The Balaban J connectivity index is 1.94. The zero-order chi connectivity index (χ0) is 20.9. The summed E-state index contributed by atoms with van der Waals surface area (Å²) in [5.41, 5.74) is 4.64. The van der Waals surface area contributed by atoms with Crippen LogP contribution in [0.5, 0.6) is 11.5 Å². The van der Waals surface area contributed by atoms with Gasteiger partial charge < -0.3 is 10.2 Å². The summed E-state index contributed by atoms with van der Waals surface area (Å²) in [7, 11) is 0. The van der Waals surface area contributed by atoms with Gasteiger partial charge in [0.15, 0.2) is 0 Å². The summed E-state index contributed by atoms with van der Waals surface area (Å²) in [5, 5.41) is 19.3. The minimum Gasteiger partial charge on any atom is -0.508 e. The van der Waals surface area contributed by atoms with E-state index in [-0.39, 0.29) is 11.2 Å². The van der Waals surface area contributed by atoms with E-state index in [9.17, 15) is 10.2 Å². The van der Waals surface area contributed by atoms with Crippen LogP contribution in [0.4, 0.5) is 0 Å². The van der Waals surface area contributed by atoms with Crippen LogP contribution in [0.15, 0.2) is 72.8 Å². The number of hydrogen-bond acceptors (Lipinski definition) is 2. The number of unbranched alkanes of at least 4 members (excludes halogenated alkanes) is 1. The molecule has 2 nitrogen and oxygen atoms in total. The molecule has 0 aromatic heterocycles. The lowest BCUT2D eigenvalue weighted by atomic mass is 9.70. The van der Waals surface area contributed by atoms with Crippen molar-refractivity contribution >= 4 is 0 Å². The van der Waals surface area contributed by atoms with E-state index in [0.717, 1.165) is 17.5 Å². The lowest BCUT2D eigenvalue weighted by Gasteiger charge is -2.34. The Bertz CT molecular complexity index is 895. The Morgan fingerprint density at radius 2 is 1.14 bits per heavy atom. The van der Waals surface area contributed by atoms with Gasteiger partial charge in [0, 0.05) is 5.41 Å². The standard InChI is InChI=1S/C27H32O2/c1-4-5-6-20(2)19-27(3,24-13-17-26(29)18-14-24)23-11-7-21(8-12-23)22-9-15-25(28)16-10-22/h7-18,20,28-29H,4-6,19H2,1-3H3. The summed E-state index contributed by atoms with van der Waals surface area (Å²) in [5.74, 6) is 1.20. The van der Waals surface area contributed by atoms with Gasteiger partial charge >= 0.3 is 0 Å². The van der Waals surface area contributed by atoms with Crippen molar-refractivity contribution in [3.8, 4) is 22.6 Å². The molecule has 0 saturated heterocycles. The average Bonchev–Trinajstić information content (AvgIpc) is 2.73. The molecule has 0 spiro atoms. The molecule has 0 saturated carbocycles. The highest BCUT2D eigenvalue weighted by Crippen LogP contribution is 2.40. The lowest BCUT2D eigenvalue weighted by molar-refractivity contribution is 0.376. The van der Waals surface area contributed by atoms with Crippen molar-refractivity contribution in [1.82, 2.24) is 0 Å². The van der Waals surface area contributed by atoms with Crippen molar-refractivity contribution in [3.63, 3.8) is 0 Å². The van der Waals surface area contributed by atoms with Gasteiger partial charge in [0.25, 0.3) is 0 Å². The van der Waals surface area contributed by atoms with E-state index < -0.39 is 0 Å². The van der Waals surface area contributed by atoms with Gasteiger partial charge in [-0.25, -0.2) is 0 Å². The molecule has 2 N–H and O–H groups in total. The molecule has 2 atom stereocenters. The highest BCUT2D eigenvalue weighted by atomic mass is 16.3. The number of rotatable bonds is 8. The number of hydrogen-bond donors (Lipinski definition) is 2. The number of phenols is 2. The smallest absolute Gasteiger partial charge is 0.115 e. The maximum absolute atomic E-state index is 9.76. The van der Waals surface area contributed by atoms with Crippen LogP contribution in [0.3, 0.4) is 0 Å². The van der Waals surface area contributed by atoms with Crippen LogP contribution in [0.25, 0.3) is 11.1 Å². The van der Waals surface area contributed by atoms with Crippen molar-refractivity contribution in [2.24, 2.45) is 5.92 Å². The molecule has 2 heteroatoms. The largest absolute Gasteiger partial charge is 0.508 e. The van der Waals surface area contributed by atoms with Crippen molar-refractivity contribution in [2.75, 3.05) is 0 Å². The first-order valence-electron chi connectivity index (χ1n) is 10.6. The fourth-order valence-corrected chi connectivity index (χ4v) is 4.27. The molecular formula is C27H32O2.